The van der Waals surface area contributed by atoms with Gasteiger partial charge < -0.3 is 4.74 Å². The molecule has 112 valence electrons. The third-order valence-electron chi connectivity index (χ3n) is 3.13. The van der Waals surface area contributed by atoms with Crippen molar-refractivity contribution in [3.05, 3.63) is 50.7 Å². The van der Waals surface area contributed by atoms with Crippen molar-refractivity contribution in [3.63, 3.8) is 0 Å². The van der Waals surface area contributed by atoms with Crippen molar-refractivity contribution in [2.75, 3.05) is 20.7 Å². The lowest BCUT2D eigenvalue weighted by Crippen LogP contribution is -2.25. The van der Waals surface area contributed by atoms with Crippen molar-refractivity contribution in [3.8, 4) is 5.75 Å². The lowest BCUT2D eigenvalue weighted by molar-refractivity contribution is 0.0940. The predicted molar refractivity (Wildman–Crippen MR) is 87.7 cm³/mol. The van der Waals surface area contributed by atoms with E-state index < -0.39 is 0 Å². The van der Waals surface area contributed by atoms with E-state index in [9.17, 15) is 4.79 Å². The molecule has 3 nitrogen and oxygen atoms in total. The monoisotopic (exact) mass is 323 g/mol. The van der Waals surface area contributed by atoms with E-state index in [1.54, 1.807) is 7.11 Å². The van der Waals surface area contributed by atoms with Crippen LogP contribution in [-0.2, 0) is 6.54 Å². The predicted octanol–water partition coefficient (Wildman–Crippen LogP) is 4.03. The smallest absolute Gasteiger partial charge is 0.180 e. The zero-order valence-electron chi connectivity index (χ0n) is 12.4. The number of carbonyl (C=O) groups is 1. The van der Waals surface area contributed by atoms with Crippen LogP contribution in [0.2, 0.25) is 4.34 Å². The second-order valence-corrected chi connectivity index (χ2v) is 6.80. The van der Waals surface area contributed by atoms with Crippen molar-refractivity contribution in [1.82, 2.24) is 4.90 Å². The summed E-state index contributed by atoms with van der Waals surface area (Å²) in [5, 5.41) is 0. The Morgan fingerprint density at radius 1 is 1.33 bits per heavy atom. The lowest BCUT2D eigenvalue weighted by atomic mass is 10.1. The number of likely N-dealkylation sites (N-methyl/N-ethyl adjacent to an activating group) is 1. The third kappa shape index (κ3) is 4.30. The first kappa shape index (κ1) is 16.0. The number of methoxy groups -OCH3 is 1. The molecule has 0 radical (unpaired) electrons. The molecule has 0 aliphatic heterocycles. The fourth-order valence-electron chi connectivity index (χ4n) is 2.12. The fraction of sp³-hybridized carbons (Fsp3) is 0.312. The quantitative estimate of drug-likeness (QED) is 0.752. The average Bonchev–Trinajstić information content (AvgIpc) is 2.83. The molecule has 0 amide bonds. The van der Waals surface area contributed by atoms with Crippen molar-refractivity contribution in [2.45, 2.75) is 13.5 Å². The van der Waals surface area contributed by atoms with E-state index in [0.717, 1.165) is 14.8 Å². The highest BCUT2D eigenvalue weighted by Crippen LogP contribution is 2.23. The van der Waals surface area contributed by atoms with E-state index in [-0.39, 0.29) is 5.78 Å². The van der Waals surface area contributed by atoms with E-state index >= 15 is 0 Å². The van der Waals surface area contributed by atoms with E-state index in [0.29, 0.717) is 24.4 Å². The Bertz CT molecular complexity index is 639. The van der Waals surface area contributed by atoms with Crippen LogP contribution in [0.15, 0.2) is 30.3 Å². The van der Waals surface area contributed by atoms with Gasteiger partial charge in [-0.25, -0.2) is 0 Å². The summed E-state index contributed by atoms with van der Waals surface area (Å²) in [6, 6.07) is 9.49. The molecule has 1 aromatic heterocycles. The number of carbonyl (C=O) groups excluding carboxylic acids is 1. The van der Waals surface area contributed by atoms with Crippen LogP contribution in [0.25, 0.3) is 0 Å². The molecule has 1 aromatic carbocycles. The van der Waals surface area contributed by atoms with Crippen LogP contribution >= 0.6 is 22.9 Å². The molecule has 0 aliphatic rings. The second-order valence-electron chi connectivity index (χ2n) is 5.01. The van der Waals surface area contributed by atoms with Crippen LogP contribution in [-0.4, -0.2) is 31.4 Å². The number of halogens is 1. The van der Waals surface area contributed by atoms with Crippen molar-refractivity contribution in [2.24, 2.45) is 0 Å². The van der Waals surface area contributed by atoms with Crippen LogP contribution in [0.1, 0.15) is 20.8 Å². The van der Waals surface area contributed by atoms with Crippen LogP contribution < -0.4 is 4.74 Å². The average molecular weight is 324 g/mol. The summed E-state index contributed by atoms with van der Waals surface area (Å²) < 4.78 is 6.06. The number of benzene rings is 1. The molecule has 2 aromatic rings. The van der Waals surface area contributed by atoms with Gasteiger partial charge in [-0.05, 0) is 43.8 Å². The van der Waals surface area contributed by atoms with Gasteiger partial charge in [0.05, 0.1) is 23.6 Å². The maximum absolute atomic E-state index is 12.4. The Kier molecular flexibility index (Phi) is 5.39. The Hall–Kier alpha value is -1.36. The Labute approximate surface area is 134 Å². The third-order valence-corrected chi connectivity index (χ3v) is 4.34. The van der Waals surface area contributed by atoms with Crippen LogP contribution in [0, 0.1) is 6.92 Å². The largest absolute Gasteiger partial charge is 0.496 e. The maximum Gasteiger partial charge on any atom is 0.180 e. The van der Waals surface area contributed by atoms with Gasteiger partial charge in [0, 0.05) is 11.4 Å². The normalized spacial score (nSPS) is 10.9. The number of hydrogen-bond acceptors (Lipinski definition) is 4. The molecule has 2 rings (SSSR count). The molecule has 0 saturated heterocycles. The summed E-state index contributed by atoms with van der Waals surface area (Å²) in [5.41, 5.74) is 1.70. The van der Waals surface area contributed by atoms with Gasteiger partial charge >= 0.3 is 0 Å². The zero-order valence-corrected chi connectivity index (χ0v) is 13.9. The molecule has 0 fully saturated rings. The van der Waals surface area contributed by atoms with Gasteiger partial charge in [0.1, 0.15) is 5.75 Å². The highest BCUT2D eigenvalue weighted by molar-refractivity contribution is 7.16. The van der Waals surface area contributed by atoms with Gasteiger partial charge in [-0.3, -0.25) is 9.69 Å². The number of aryl methyl sites for hydroxylation is 1. The number of ether oxygens (including phenoxy) is 1. The standard InChI is InChI=1S/C16H18ClNO2S/c1-11-4-6-13(15(8-11)20-3)14(19)10-18(2)9-12-5-7-16(17)21-12/h4-8H,9-10H2,1-3H3. The van der Waals surface area contributed by atoms with Crippen molar-refractivity contribution >= 4 is 28.7 Å². The minimum absolute atomic E-state index is 0.0528. The van der Waals surface area contributed by atoms with E-state index in [4.69, 9.17) is 16.3 Å². The molecule has 21 heavy (non-hydrogen) atoms. The molecular weight excluding hydrogens is 306 g/mol. The van der Waals surface area contributed by atoms with Crippen LogP contribution in [0.5, 0.6) is 5.75 Å². The van der Waals surface area contributed by atoms with Crippen molar-refractivity contribution < 1.29 is 9.53 Å². The molecule has 5 heteroatoms. The minimum atomic E-state index is 0.0528. The number of hydrogen-bond donors (Lipinski definition) is 0. The van der Waals surface area contributed by atoms with E-state index in [1.807, 2.05) is 49.2 Å². The molecular formula is C16H18ClNO2S. The summed E-state index contributed by atoms with van der Waals surface area (Å²) in [5.74, 6) is 0.685. The molecule has 1 heterocycles. The minimum Gasteiger partial charge on any atom is -0.496 e. The summed E-state index contributed by atoms with van der Waals surface area (Å²) in [6.45, 7) is 3.02. The zero-order chi connectivity index (χ0) is 15.4. The number of thiophene rings is 1. The number of Topliss-reactive ketones (excluding diaryl/α,β-unsaturated/α-hetero) is 1. The highest BCUT2D eigenvalue weighted by Gasteiger charge is 2.15. The second kappa shape index (κ2) is 7.07. The Morgan fingerprint density at radius 2 is 2.10 bits per heavy atom. The lowest BCUT2D eigenvalue weighted by Gasteiger charge is -2.16. The summed E-state index contributed by atoms with van der Waals surface area (Å²) in [4.78, 5) is 15.5. The highest BCUT2D eigenvalue weighted by atomic mass is 35.5. The first-order valence-corrected chi connectivity index (χ1v) is 7.79. The summed E-state index contributed by atoms with van der Waals surface area (Å²) in [6.07, 6.45) is 0. The molecule has 0 aliphatic carbocycles. The fourth-order valence-corrected chi connectivity index (χ4v) is 3.29. The number of nitrogens with zero attached hydrogens (tertiary/aromatic N) is 1. The first-order valence-electron chi connectivity index (χ1n) is 6.60. The topological polar surface area (TPSA) is 29.5 Å². The van der Waals surface area contributed by atoms with Crippen LogP contribution in [0.4, 0.5) is 0 Å². The van der Waals surface area contributed by atoms with Gasteiger partial charge in [-0.2, -0.15) is 0 Å². The Balaban J connectivity index is 2.03. The SMILES string of the molecule is COc1cc(C)ccc1C(=O)CN(C)Cc1ccc(Cl)s1. The molecule has 0 unspecified atom stereocenters. The molecule has 0 saturated carbocycles. The van der Waals surface area contributed by atoms with Gasteiger partial charge in [0.15, 0.2) is 5.78 Å². The number of ketones is 1. The molecule has 0 atom stereocenters. The van der Waals surface area contributed by atoms with Crippen LogP contribution in [0.3, 0.4) is 0 Å². The number of rotatable bonds is 6. The summed E-state index contributed by atoms with van der Waals surface area (Å²) in [7, 11) is 3.51. The van der Waals surface area contributed by atoms with Gasteiger partial charge in [-0.1, -0.05) is 17.7 Å². The molecule has 0 bridgehead atoms. The first-order chi connectivity index (χ1) is 9.99. The van der Waals surface area contributed by atoms with Gasteiger partial charge in [0.2, 0.25) is 0 Å². The van der Waals surface area contributed by atoms with E-state index in [1.165, 1.54) is 11.3 Å². The van der Waals surface area contributed by atoms with Crippen molar-refractivity contribution in [1.29, 1.82) is 0 Å². The van der Waals surface area contributed by atoms with Gasteiger partial charge in [0.25, 0.3) is 0 Å². The molecule has 0 N–H and O–H groups in total. The van der Waals surface area contributed by atoms with Gasteiger partial charge in [-0.15, -0.1) is 11.3 Å². The van der Waals surface area contributed by atoms with E-state index in [2.05, 4.69) is 0 Å². The maximum atomic E-state index is 12.4. The Morgan fingerprint density at radius 3 is 2.71 bits per heavy atom. The summed E-state index contributed by atoms with van der Waals surface area (Å²) >= 11 is 7.45. The molecule has 0 spiro atoms.